The summed E-state index contributed by atoms with van der Waals surface area (Å²) < 4.78 is 1.89. The lowest BCUT2D eigenvalue weighted by molar-refractivity contribution is -0.113. The first-order chi connectivity index (χ1) is 16.8. The zero-order chi connectivity index (χ0) is 25.4. The van der Waals surface area contributed by atoms with Gasteiger partial charge in [-0.2, -0.15) is 0 Å². The predicted molar refractivity (Wildman–Crippen MR) is 142 cm³/mol. The summed E-state index contributed by atoms with van der Waals surface area (Å²) in [6.07, 6.45) is 2.43. The molecule has 0 aliphatic carbocycles. The van der Waals surface area contributed by atoms with Crippen LogP contribution in [-0.2, 0) is 11.3 Å². The van der Waals surface area contributed by atoms with Crippen LogP contribution in [0.4, 0.5) is 5.69 Å². The van der Waals surface area contributed by atoms with Crippen LogP contribution in [0, 0.1) is 12.8 Å². The molecular weight excluding hydrogens is 482 g/mol. The molecular formula is C26H30ClN5O2S. The third-order valence-electron chi connectivity index (χ3n) is 5.21. The minimum Gasteiger partial charge on any atom is -0.342 e. The number of anilines is 1. The number of allylic oxidation sites excluding steroid dienone is 1. The Labute approximate surface area is 215 Å². The summed E-state index contributed by atoms with van der Waals surface area (Å²) in [5.74, 6) is 0.742. The second-order valence-electron chi connectivity index (χ2n) is 8.56. The molecule has 2 amide bonds. The summed E-state index contributed by atoms with van der Waals surface area (Å²) in [4.78, 5) is 25.4. The van der Waals surface area contributed by atoms with Gasteiger partial charge in [-0.1, -0.05) is 67.6 Å². The van der Waals surface area contributed by atoms with Crippen molar-refractivity contribution in [3.8, 4) is 0 Å². The number of aromatic nitrogens is 3. The Bertz CT molecular complexity index is 1180. The van der Waals surface area contributed by atoms with Crippen LogP contribution in [0.5, 0.6) is 0 Å². The highest BCUT2D eigenvalue weighted by Gasteiger charge is 2.24. The quantitative estimate of drug-likeness (QED) is 0.255. The Hall–Kier alpha value is -3.10. The van der Waals surface area contributed by atoms with Crippen LogP contribution >= 0.6 is 23.4 Å². The van der Waals surface area contributed by atoms with E-state index >= 15 is 0 Å². The zero-order valence-corrected chi connectivity index (χ0v) is 21.7. The fraction of sp³-hybridized carbons (Fsp3) is 0.308. The molecule has 0 radical (unpaired) electrons. The minimum absolute atomic E-state index is 0.145. The van der Waals surface area contributed by atoms with Gasteiger partial charge in [0.15, 0.2) is 11.0 Å². The number of aryl methyl sites for hydroxylation is 1. The number of carbonyl (C=O) groups excluding carboxylic acids is 2. The first-order valence-corrected chi connectivity index (χ1v) is 12.7. The second-order valence-corrected chi connectivity index (χ2v) is 9.91. The number of halogens is 1. The molecule has 0 aliphatic heterocycles. The van der Waals surface area contributed by atoms with Crippen molar-refractivity contribution in [3.05, 3.63) is 83.2 Å². The summed E-state index contributed by atoms with van der Waals surface area (Å²) in [7, 11) is 0. The molecule has 0 bridgehead atoms. The maximum Gasteiger partial charge on any atom is 0.251 e. The van der Waals surface area contributed by atoms with E-state index in [-0.39, 0.29) is 23.6 Å². The number of amides is 2. The third-order valence-corrected chi connectivity index (χ3v) is 6.58. The Morgan fingerprint density at radius 1 is 1.17 bits per heavy atom. The van der Waals surface area contributed by atoms with E-state index in [1.807, 2.05) is 41.8 Å². The molecule has 9 heteroatoms. The largest absolute Gasteiger partial charge is 0.342 e. The first-order valence-electron chi connectivity index (χ1n) is 11.4. The average molecular weight is 512 g/mol. The maximum atomic E-state index is 12.9. The van der Waals surface area contributed by atoms with Crippen molar-refractivity contribution in [2.75, 3.05) is 11.1 Å². The standard InChI is InChI=1S/C26H30ClN5O2S/c1-5-13-32-24(22(14-17(2)3)29-25(34)19-9-7-6-8-10-19)30-31-26(32)35-16-23(33)28-20-12-11-18(4)21(27)15-20/h5-12,15,17,22H,1,13-14,16H2,2-4H3,(H,28,33)(H,29,34). The van der Waals surface area contributed by atoms with Crippen LogP contribution < -0.4 is 10.6 Å². The SMILES string of the molecule is C=CCn1c(SCC(=O)Nc2ccc(C)c(Cl)c2)nnc1C(CC(C)C)NC(=O)c1ccccc1. The Morgan fingerprint density at radius 3 is 2.57 bits per heavy atom. The number of hydrogen-bond donors (Lipinski definition) is 2. The predicted octanol–water partition coefficient (Wildman–Crippen LogP) is 5.67. The van der Waals surface area contributed by atoms with E-state index in [0.29, 0.717) is 46.1 Å². The van der Waals surface area contributed by atoms with Gasteiger partial charge >= 0.3 is 0 Å². The zero-order valence-electron chi connectivity index (χ0n) is 20.1. The monoisotopic (exact) mass is 511 g/mol. The van der Waals surface area contributed by atoms with Crippen LogP contribution in [0.2, 0.25) is 5.02 Å². The van der Waals surface area contributed by atoms with Crippen molar-refractivity contribution in [2.45, 2.75) is 44.9 Å². The number of rotatable bonds is 11. The van der Waals surface area contributed by atoms with Gasteiger partial charge in [0.2, 0.25) is 5.91 Å². The lowest BCUT2D eigenvalue weighted by Gasteiger charge is -2.21. The van der Waals surface area contributed by atoms with E-state index in [9.17, 15) is 9.59 Å². The van der Waals surface area contributed by atoms with E-state index in [2.05, 4.69) is 41.3 Å². The van der Waals surface area contributed by atoms with Gasteiger partial charge in [0.05, 0.1) is 11.8 Å². The van der Waals surface area contributed by atoms with Gasteiger partial charge in [-0.25, -0.2) is 0 Å². The lowest BCUT2D eigenvalue weighted by Crippen LogP contribution is -2.31. The van der Waals surface area contributed by atoms with Crippen molar-refractivity contribution in [2.24, 2.45) is 5.92 Å². The molecule has 3 aromatic rings. The Morgan fingerprint density at radius 2 is 1.91 bits per heavy atom. The molecule has 0 saturated heterocycles. The number of benzene rings is 2. The van der Waals surface area contributed by atoms with Crippen LogP contribution in [0.15, 0.2) is 66.3 Å². The number of thioether (sulfide) groups is 1. The van der Waals surface area contributed by atoms with E-state index in [1.165, 1.54) is 11.8 Å². The van der Waals surface area contributed by atoms with Gasteiger partial charge in [0, 0.05) is 22.8 Å². The van der Waals surface area contributed by atoms with Gasteiger partial charge < -0.3 is 15.2 Å². The van der Waals surface area contributed by atoms with Gasteiger partial charge in [0.25, 0.3) is 5.91 Å². The molecule has 2 aromatic carbocycles. The topological polar surface area (TPSA) is 88.9 Å². The highest BCUT2D eigenvalue weighted by atomic mass is 35.5. The number of nitrogens with one attached hydrogen (secondary N) is 2. The van der Waals surface area contributed by atoms with Gasteiger partial charge in [-0.05, 0) is 49.1 Å². The molecule has 35 heavy (non-hydrogen) atoms. The summed E-state index contributed by atoms with van der Waals surface area (Å²) in [5, 5.41) is 15.9. The molecule has 3 rings (SSSR count). The average Bonchev–Trinajstić information content (AvgIpc) is 3.22. The fourth-order valence-electron chi connectivity index (χ4n) is 3.49. The first kappa shape index (κ1) is 26.5. The molecule has 184 valence electrons. The lowest BCUT2D eigenvalue weighted by atomic mass is 10.0. The van der Waals surface area contributed by atoms with E-state index in [1.54, 1.807) is 24.3 Å². The molecule has 1 unspecified atom stereocenters. The molecule has 1 heterocycles. The number of hydrogen-bond acceptors (Lipinski definition) is 5. The highest BCUT2D eigenvalue weighted by molar-refractivity contribution is 7.99. The van der Waals surface area contributed by atoms with E-state index in [0.717, 1.165) is 5.56 Å². The van der Waals surface area contributed by atoms with Crippen molar-refractivity contribution < 1.29 is 9.59 Å². The molecule has 7 nitrogen and oxygen atoms in total. The Balaban J connectivity index is 1.75. The van der Waals surface area contributed by atoms with Crippen LogP contribution in [0.1, 0.15) is 48.1 Å². The molecule has 2 N–H and O–H groups in total. The Kier molecular flexibility index (Phi) is 9.51. The van der Waals surface area contributed by atoms with Crippen LogP contribution in [0.3, 0.4) is 0 Å². The maximum absolute atomic E-state index is 12.9. The van der Waals surface area contributed by atoms with Gasteiger partial charge in [-0.3, -0.25) is 9.59 Å². The number of nitrogens with zero attached hydrogens (tertiary/aromatic N) is 3. The third kappa shape index (κ3) is 7.44. The summed E-state index contributed by atoms with van der Waals surface area (Å²) >= 11 is 7.43. The molecule has 0 spiro atoms. The smallest absolute Gasteiger partial charge is 0.251 e. The van der Waals surface area contributed by atoms with Gasteiger partial charge in [-0.15, -0.1) is 16.8 Å². The molecule has 1 atom stereocenters. The molecule has 0 aliphatic rings. The van der Waals surface area contributed by atoms with E-state index in [4.69, 9.17) is 11.6 Å². The molecule has 1 aromatic heterocycles. The van der Waals surface area contributed by atoms with Crippen molar-refractivity contribution in [1.82, 2.24) is 20.1 Å². The van der Waals surface area contributed by atoms with Crippen molar-refractivity contribution >= 4 is 40.9 Å². The van der Waals surface area contributed by atoms with Crippen molar-refractivity contribution in [3.63, 3.8) is 0 Å². The van der Waals surface area contributed by atoms with Crippen LogP contribution in [0.25, 0.3) is 0 Å². The van der Waals surface area contributed by atoms with E-state index < -0.39 is 0 Å². The molecule has 0 saturated carbocycles. The summed E-state index contributed by atoms with van der Waals surface area (Å²) in [6.45, 7) is 10.4. The normalized spacial score (nSPS) is 11.8. The molecule has 0 fully saturated rings. The highest BCUT2D eigenvalue weighted by Crippen LogP contribution is 2.26. The second kappa shape index (κ2) is 12.6. The summed E-state index contributed by atoms with van der Waals surface area (Å²) in [5.41, 5.74) is 2.16. The van der Waals surface area contributed by atoms with Crippen molar-refractivity contribution in [1.29, 1.82) is 0 Å². The minimum atomic E-state index is -0.340. The number of carbonyl (C=O) groups is 2. The van der Waals surface area contributed by atoms with Gasteiger partial charge in [0.1, 0.15) is 0 Å². The summed E-state index contributed by atoms with van der Waals surface area (Å²) in [6, 6.07) is 14.1. The van der Waals surface area contributed by atoms with Crippen LogP contribution in [-0.4, -0.2) is 32.3 Å². The fourth-order valence-corrected chi connectivity index (χ4v) is 4.43.